The van der Waals surface area contributed by atoms with Gasteiger partial charge in [-0.1, -0.05) is 42.4 Å². The molecule has 0 aliphatic carbocycles. The number of hydrogen-bond acceptors (Lipinski definition) is 3. The first-order valence-corrected chi connectivity index (χ1v) is 8.61. The van der Waals surface area contributed by atoms with E-state index >= 15 is 0 Å². The van der Waals surface area contributed by atoms with E-state index in [1.165, 1.54) is 18.2 Å². The fourth-order valence-corrected chi connectivity index (χ4v) is 2.91. The number of carbonyl (C=O) groups is 2. The molecule has 0 fully saturated rings. The summed E-state index contributed by atoms with van der Waals surface area (Å²) in [5.41, 5.74) is 0.959. The van der Waals surface area contributed by atoms with Gasteiger partial charge < -0.3 is 10.6 Å². The summed E-state index contributed by atoms with van der Waals surface area (Å²) in [5.74, 6) is -3.34. The number of amides is 2. The van der Waals surface area contributed by atoms with E-state index in [9.17, 15) is 18.4 Å². The van der Waals surface area contributed by atoms with Gasteiger partial charge in [0.05, 0.1) is 15.6 Å². The minimum absolute atomic E-state index is 0.1000. The first-order chi connectivity index (χ1) is 11.9. The van der Waals surface area contributed by atoms with E-state index in [2.05, 4.69) is 10.6 Å². The number of thioether (sulfide) groups is 1. The highest BCUT2D eigenvalue weighted by Gasteiger charge is 2.16. The third-order valence-corrected chi connectivity index (χ3v) is 4.43. The highest BCUT2D eigenvalue weighted by Crippen LogP contribution is 2.37. The van der Waals surface area contributed by atoms with E-state index in [0.29, 0.717) is 12.1 Å². The Morgan fingerprint density at radius 2 is 1.88 bits per heavy atom. The van der Waals surface area contributed by atoms with E-state index in [0.717, 1.165) is 0 Å². The molecule has 0 saturated heterocycles. The van der Waals surface area contributed by atoms with Crippen molar-refractivity contribution >= 4 is 46.6 Å². The molecular weight excluding hydrogens is 370 g/mol. The maximum Gasteiger partial charge on any atom is 0.289 e. The Morgan fingerprint density at radius 3 is 2.56 bits per heavy atom. The predicted octanol–water partition coefficient (Wildman–Crippen LogP) is 5.26. The molecule has 4 nitrogen and oxygen atoms in total. The lowest BCUT2D eigenvalue weighted by atomic mass is 10.1. The highest BCUT2D eigenvalue weighted by atomic mass is 35.5. The van der Waals surface area contributed by atoms with Crippen LogP contribution in [-0.4, -0.2) is 17.6 Å². The molecule has 2 N–H and O–H groups in total. The molecule has 0 heterocycles. The molecule has 0 spiro atoms. The van der Waals surface area contributed by atoms with E-state index in [4.69, 9.17) is 11.6 Å². The number of hydrogen-bond donors (Lipinski definition) is 2. The van der Waals surface area contributed by atoms with Crippen molar-refractivity contribution in [2.45, 2.75) is 24.0 Å². The van der Waals surface area contributed by atoms with Crippen molar-refractivity contribution in [3.05, 3.63) is 53.1 Å². The molecule has 2 amide bonds. The van der Waals surface area contributed by atoms with Gasteiger partial charge in [0.1, 0.15) is 0 Å². The molecule has 132 valence electrons. The number of alkyl halides is 2. The van der Waals surface area contributed by atoms with Gasteiger partial charge >= 0.3 is 0 Å². The van der Waals surface area contributed by atoms with Crippen molar-refractivity contribution in [1.29, 1.82) is 0 Å². The maximum atomic E-state index is 12.7. The number of benzene rings is 2. The van der Waals surface area contributed by atoms with Gasteiger partial charge in [0.25, 0.3) is 11.7 Å². The van der Waals surface area contributed by atoms with Gasteiger partial charge in [0.2, 0.25) is 5.91 Å². The van der Waals surface area contributed by atoms with Gasteiger partial charge in [0, 0.05) is 17.7 Å². The van der Waals surface area contributed by atoms with Gasteiger partial charge in [-0.2, -0.15) is 8.78 Å². The number of nitrogens with one attached hydrogen (secondary N) is 2. The van der Waals surface area contributed by atoms with E-state index in [1.54, 1.807) is 31.2 Å². The van der Waals surface area contributed by atoms with Gasteiger partial charge in [-0.15, -0.1) is 0 Å². The number of carbonyl (C=O) groups excluding carboxylic acids is 2. The van der Waals surface area contributed by atoms with Crippen molar-refractivity contribution in [3.8, 4) is 0 Å². The minimum Gasteiger partial charge on any atom is -0.326 e. The predicted molar refractivity (Wildman–Crippen MR) is 96.6 cm³/mol. The molecule has 8 heteroatoms. The van der Waals surface area contributed by atoms with Crippen LogP contribution in [0, 0.1) is 0 Å². The van der Waals surface area contributed by atoms with Crippen LogP contribution in [0.25, 0.3) is 0 Å². The van der Waals surface area contributed by atoms with Gasteiger partial charge in [-0.05, 0) is 30.3 Å². The smallest absolute Gasteiger partial charge is 0.289 e. The lowest BCUT2D eigenvalue weighted by Gasteiger charge is -2.12. The van der Waals surface area contributed by atoms with Crippen molar-refractivity contribution in [1.82, 2.24) is 0 Å². The third-order valence-electron chi connectivity index (χ3n) is 3.15. The van der Waals surface area contributed by atoms with Gasteiger partial charge in [0.15, 0.2) is 0 Å². The van der Waals surface area contributed by atoms with E-state index in [1.807, 2.05) is 0 Å². The Balaban J connectivity index is 2.21. The standard InChI is InChI=1S/C17H15ClF2N2O2S/c1-2-14(23)21-11-6-3-5-10(9-11)16(24)22-13-8-4-7-12(18)15(13)25-17(19)20/h3-9,17H,2H2,1H3,(H,21,23)(H,22,24). The summed E-state index contributed by atoms with van der Waals surface area (Å²) < 4.78 is 25.4. The lowest BCUT2D eigenvalue weighted by Crippen LogP contribution is -2.14. The molecule has 0 saturated carbocycles. The minimum atomic E-state index is -2.66. The fraction of sp³-hybridized carbons (Fsp3) is 0.176. The summed E-state index contributed by atoms with van der Waals surface area (Å²) in [7, 11) is 0. The van der Waals surface area contributed by atoms with Crippen LogP contribution in [-0.2, 0) is 4.79 Å². The van der Waals surface area contributed by atoms with Gasteiger partial charge in [-0.25, -0.2) is 0 Å². The molecule has 2 aromatic rings. The molecule has 2 aromatic carbocycles. The summed E-state index contributed by atoms with van der Waals surface area (Å²) in [6.45, 7) is 1.72. The maximum absolute atomic E-state index is 12.7. The summed E-state index contributed by atoms with van der Waals surface area (Å²) in [6, 6.07) is 10.9. The summed E-state index contributed by atoms with van der Waals surface area (Å²) in [5, 5.41) is 5.36. The highest BCUT2D eigenvalue weighted by molar-refractivity contribution is 7.99. The number of rotatable bonds is 6. The zero-order valence-electron chi connectivity index (χ0n) is 13.2. The van der Waals surface area contributed by atoms with E-state index < -0.39 is 11.7 Å². The molecule has 0 aliphatic rings. The zero-order valence-corrected chi connectivity index (χ0v) is 14.8. The fourth-order valence-electron chi connectivity index (χ4n) is 2.00. The SMILES string of the molecule is CCC(=O)Nc1cccc(C(=O)Nc2cccc(Cl)c2SC(F)F)c1. The van der Waals surface area contributed by atoms with Crippen molar-refractivity contribution in [2.24, 2.45) is 0 Å². The lowest BCUT2D eigenvalue weighted by molar-refractivity contribution is -0.115. The zero-order chi connectivity index (χ0) is 18.4. The second-order valence-electron chi connectivity index (χ2n) is 4.93. The average molecular weight is 385 g/mol. The first kappa shape index (κ1) is 19.2. The van der Waals surface area contributed by atoms with Crippen LogP contribution >= 0.6 is 23.4 Å². The Labute approximate surface area is 152 Å². The summed E-state index contributed by atoms with van der Waals surface area (Å²) >= 11 is 6.21. The van der Waals surface area contributed by atoms with Crippen LogP contribution < -0.4 is 10.6 Å². The van der Waals surface area contributed by atoms with Crippen LogP contribution in [0.4, 0.5) is 20.2 Å². The summed E-state index contributed by atoms with van der Waals surface area (Å²) in [4.78, 5) is 23.9. The van der Waals surface area contributed by atoms with Gasteiger partial charge in [-0.3, -0.25) is 9.59 Å². The first-order valence-electron chi connectivity index (χ1n) is 7.35. The van der Waals surface area contributed by atoms with Crippen molar-refractivity contribution in [2.75, 3.05) is 10.6 Å². The Hall–Kier alpha value is -2.12. The second-order valence-corrected chi connectivity index (χ2v) is 6.34. The van der Waals surface area contributed by atoms with Crippen LogP contribution in [0.3, 0.4) is 0 Å². The monoisotopic (exact) mass is 384 g/mol. The van der Waals surface area contributed by atoms with E-state index in [-0.39, 0.29) is 38.8 Å². The third kappa shape index (κ3) is 5.44. The van der Waals surface area contributed by atoms with Crippen LogP contribution in [0.15, 0.2) is 47.4 Å². The van der Waals surface area contributed by atoms with Crippen molar-refractivity contribution < 1.29 is 18.4 Å². The average Bonchev–Trinajstić information content (AvgIpc) is 2.57. The molecule has 0 aromatic heterocycles. The number of anilines is 2. The molecule has 0 radical (unpaired) electrons. The quantitative estimate of drug-likeness (QED) is 0.668. The van der Waals surface area contributed by atoms with Crippen LogP contribution in [0.1, 0.15) is 23.7 Å². The largest absolute Gasteiger partial charge is 0.326 e. The Bertz CT molecular complexity index is 787. The normalized spacial score (nSPS) is 10.6. The molecule has 2 rings (SSSR count). The topological polar surface area (TPSA) is 58.2 Å². The molecule has 0 unspecified atom stereocenters. The Kier molecular flexibility index (Phi) is 6.78. The number of halogens is 3. The molecular formula is C17H15ClF2N2O2S. The van der Waals surface area contributed by atoms with Crippen LogP contribution in [0.5, 0.6) is 0 Å². The Morgan fingerprint density at radius 1 is 1.16 bits per heavy atom. The molecule has 0 aliphatic heterocycles. The molecule has 25 heavy (non-hydrogen) atoms. The second kappa shape index (κ2) is 8.82. The molecule has 0 atom stereocenters. The molecule has 0 bridgehead atoms. The van der Waals surface area contributed by atoms with Crippen LogP contribution in [0.2, 0.25) is 5.02 Å². The summed E-state index contributed by atoms with van der Waals surface area (Å²) in [6.07, 6.45) is 0.313. The van der Waals surface area contributed by atoms with Crippen molar-refractivity contribution in [3.63, 3.8) is 0 Å².